The van der Waals surface area contributed by atoms with Gasteiger partial charge in [0.1, 0.15) is 5.69 Å². The maximum absolute atomic E-state index is 11.3. The lowest BCUT2D eigenvalue weighted by molar-refractivity contribution is -0.386. The van der Waals surface area contributed by atoms with Gasteiger partial charge in [0.25, 0.3) is 0 Å². The number of nitro groups is 1. The molecule has 6 nitrogen and oxygen atoms in total. The summed E-state index contributed by atoms with van der Waals surface area (Å²) < 4.78 is 1.58. The van der Waals surface area contributed by atoms with Crippen molar-refractivity contribution >= 4 is 33.2 Å². The van der Waals surface area contributed by atoms with Crippen LogP contribution in [-0.2, 0) is 5.41 Å². The predicted octanol–water partition coefficient (Wildman–Crippen LogP) is 3.89. The van der Waals surface area contributed by atoms with Crippen LogP contribution < -0.4 is 0 Å². The van der Waals surface area contributed by atoms with Gasteiger partial charge in [-0.25, -0.2) is 9.67 Å². The zero-order valence-corrected chi connectivity index (χ0v) is 13.4. The molecule has 0 aromatic carbocycles. The van der Waals surface area contributed by atoms with Gasteiger partial charge in [-0.15, -0.1) is 0 Å². The maximum Gasteiger partial charge on any atom is 0.325 e. The molecule has 2 heterocycles. The van der Waals surface area contributed by atoms with E-state index in [9.17, 15) is 10.1 Å². The Morgan fingerprint density at radius 1 is 1.45 bits per heavy atom. The fourth-order valence-electron chi connectivity index (χ4n) is 1.90. The Labute approximate surface area is 129 Å². The molecule has 0 unspecified atom stereocenters. The highest BCUT2D eigenvalue weighted by Gasteiger charge is 2.35. The standard InChI is InChI=1S/C12H12BrClN4O2/c1-12(2,3)9-8(18(19)20)10(13)16-17(9)11-7(14)5-4-6-15-11/h4-6H,1-3H3. The van der Waals surface area contributed by atoms with E-state index in [1.54, 1.807) is 18.3 Å². The zero-order chi connectivity index (χ0) is 15.1. The van der Waals surface area contributed by atoms with E-state index in [-0.39, 0.29) is 10.3 Å². The van der Waals surface area contributed by atoms with Gasteiger partial charge in [-0.1, -0.05) is 32.4 Å². The molecule has 8 heteroatoms. The van der Waals surface area contributed by atoms with E-state index in [0.717, 1.165) is 0 Å². The van der Waals surface area contributed by atoms with Gasteiger partial charge in [0.15, 0.2) is 5.82 Å². The molecule has 0 fully saturated rings. The van der Waals surface area contributed by atoms with E-state index in [4.69, 9.17) is 11.6 Å². The Balaban J connectivity index is 2.82. The highest BCUT2D eigenvalue weighted by Crippen LogP contribution is 2.38. The largest absolute Gasteiger partial charge is 0.325 e. The summed E-state index contributed by atoms with van der Waals surface area (Å²) in [6.45, 7) is 5.62. The quantitative estimate of drug-likeness (QED) is 0.602. The van der Waals surface area contributed by atoms with Gasteiger partial charge >= 0.3 is 5.69 Å². The lowest BCUT2D eigenvalue weighted by atomic mass is 9.91. The van der Waals surface area contributed by atoms with Crippen LogP contribution in [0.3, 0.4) is 0 Å². The van der Waals surface area contributed by atoms with E-state index in [2.05, 4.69) is 26.0 Å². The van der Waals surface area contributed by atoms with Gasteiger partial charge in [-0.2, -0.15) is 5.10 Å². The van der Waals surface area contributed by atoms with Crippen LogP contribution >= 0.6 is 27.5 Å². The summed E-state index contributed by atoms with van der Waals surface area (Å²) in [6.07, 6.45) is 1.56. The van der Waals surface area contributed by atoms with Gasteiger partial charge in [-0.05, 0) is 28.1 Å². The average Bonchev–Trinajstić information content (AvgIpc) is 2.67. The van der Waals surface area contributed by atoms with Gasteiger partial charge < -0.3 is 0 Å². The summed E-state index contributed by atoms with van der Waals surface area (Å²) in [5.41, 5.74) is -0.128. The minimum absolute atomic E-state index is 0.0702. The van der Waals surface area contributed by atoms with Crippen molar-refractivity contribution in [1.82, 2.24) is 14.8 Å². The van der Waals surface area contributed by atoms with Gasteiger partial charge in [-0.3, -0.25) is 10.1 Å². The highest BCUT2D eigenvalue weighted by atomic mass is 79.9. The number of rotatable bonds is 2. The van der Waals surface area contributed by atoms with Crippen molar-refractivity contribution in [3.63, 3.8) is 0 Å². The van der Waals surface area contributed by atoms with Crippen LogP contribution in [0.4, 0.5) is 5.69 Å². The number of hydrogen-bond acceptors (Lipinski definition) is 4. The van der Waals surface area contributed by atoms with Crippen molar-refractivity contribution < 1.29 is 4.92 Å². The Morgan fingerprint density at radius 2 is 2.10 bits per heavy atom. The van der Waals surface area contributed by atoms with Crippen molar-refractivity contribution in [3.05, 3.63) is 43.8 Å². The maximum atomic E-state index is 11.3. The van der Waals surface area contributed by atoms with Crippen LogP contribution in [0.2, 0.25) is 5.02 Å². The Morgan fingerprint density at radius 3 is 2.60 bits per heavy atom. The van der Waals surface area contributed by atoms with Crippen LogP contribution in [0.1, 0.15) is 26.5 Å². The molecule has 0 amide bonds. The average molecular weight is 360 g/mol. The second kappa shape index (κ2) is 5.14. The summed E-state index contributed by atoms with van der Waals surface area (Å²) in [5, 5.41) is 15.8. The van der Waals surface area contributed by atoms with Crippen LogP contribution in [0.5, 0.6) is 0 Å². The first-order chi connectivity index (χ1) is 9.23. The number of halogens is 2. The Bertz CT molecular complexity index is 679. The van der Waals surface area contributed by atoms with Gasteiger partial charge in [0, 0.05) is 11.6 Å². The predicted molar refractivity (Wildman–Crippen MR) is 79.4 cm³/mol. The molecule has 0 atom stereocenters. The third-order valence-corrected chi connectivity index (χ3v) is 3.48. The van der Waals surface area contributed by atoms with Crippen LogP contribution in [-0.4, -0.2) is 19.7 Å². The fraction of sp³-hybridized carbons (Fsp3) is 0.333. The Kier molecular flexibility index (Phi) is 3.84. The fourth-order valence-corrected chi connectivity index (χ4v) is 2.60. The molecular weight excluding hydrogens is 348 g/mol. The number of pyridine rings is 1. The minimum Gasteiger partial charge on any atom is -0.258 e. The number of hydrogen-bond donors (Lipinski definition) is 0. The third kappa shape index (κ3) is 2.55. The van der Waals surface area contributed by atoms with E-state index < -0.39 is 10.3 Å². The molecule has 0 radical (unpaired) electrons. The summed E-state index contributed by atoms with van der Waals surface area (Å²) in [6, 6.07) is 3.35. The normalized spacial score (nSPS) is 11.7. The topological polar surface area (TPSA) is 73.8 Å². The molecule has 0 aliphatic rings. The van der Waals surface area contributed by atoms with Crippen molar-refractivity contribution in [3.8, 4) is 5.82 Å². The van der Waals surface area contributed by atoms with Gasteiger partial charge in [0.05, 0.1) is 9.95 Å². The van der Waals surface area contributed by atoms with Crippen LogP contribution in [0, 0.1) is 10.1 Å². The second-order valence-corrected chi connectivity index (χ2v) is 6.37. The molecule has 0 saturated heterocycles. The first-order valence-electron chi connectivity index (χ1n) is 5.77. The first kappa shape index (κ1) is 14.9. The van der Waals surface area contributed by atoms with Crippen LogP contribution in [0.25, 0.3) is 5.82 Å². The molecule has 2 aromatic heterocycles. The summed E-state index contributed by atoms with van der Waals surface area (Å²) in [5.74, 6) is 0.368. The Hall–Kier alpha value is -1.47. The molecule has 0 bridgehead atoms. The monoisotopic (exact) mass is 358 g/mol. The van der Waals surface area contributed by atoms with Crippen molar-refractivity contribution in [2.24, 2.45) is 0 Å². The zero-order valence-electron chi connectivity index (χ0n) is 11.1. The number of nitrogens with zero attached hydrogens (tertiary/aromatic N) is 4. The van der Waals surface area contributed by atoms with Crippen LogP contribution in [0.15, 0.2) is 22.9 Å². The van der Waals surface area contributed by atoms with E-state index in [0.29, 0.717) is 16.5 Å². The molecule has 20 heavy (non-hydrogen) atoms. The number of aromatic nitrogens is 3. The van der Waals surface area contributed by atoms with Crippen molar-refractivity contribution in [2.75, 3.05) is 0 Å². The van der Waals surface area contributed by atoms with Crippen molar-refractivity contribution in [2.45, 2.75) is 26.2 Å². The molecule has 2 rings (SSSR count). The molecule has 0 aliphatic heterocycles. The smallest absolute Gasteiger partial charge is 0.258 e. The molecule has 0 aliphatic carbocycles. The molecule has 0 N–H and O–H groups in total. The van der Waals surface area contributed by atoms with E-state index >= 15 is 0 Å². The highest BCUT2D eigenvalue weighted by molar-refractivity contribution is 9.10. The first-order valence-corrected chi connectivity index (χ1v) is 6.95. The summed E-state index contributed by atoms with van der Waals surface area (Å²) >= 11 is 9.25. The third-order valence-electron chi connectivity index (χ3n) is 2.65. The molecule has 0 spiro atoms. The van der Waals surface area contributed by atoms with Gasteiger partial charge in [0.2, 0.25) is 4.60 Å². The molecule has 106 valence electrons. The second-order valence-electron chi connectivity index (χ2n) is 5.22. The SMILES string of the molecule is CC(C)(C)c1c([N+](=O)[O-])c(Br)nn1-c1ncccc1Cl. The van der Waals surface area contributed by atoms with Crippen molar-refractivity contribution in [1.29, 1.82) is 0 Å². The summed E-state index contributed by atoms with van der Waals surface area (Å²) in [4.78, 5) is 15.0. The molecular formula is C12H12BrClN4O2. The van der Waals surface area contributed by atoms with E-state index in [1.165, 1.54) is 4.68 Å². The lowest BCUT2D eigenvalue weighted by Crippen LogP contribution is -2.19. The lowest BCUT2D eigenvalue weighted by Gasteiger charge is -2.19. The molecule has 0 saturated carbocycles. The van der Waals surface area contributed by atoms with E-state index in [1.807, 2.05) is 20.8 Å². The molecule has 2 aromatic rings. The minimum atomic E-state index is -0.498. The summed E-state index contributed by atoms with van der Waals surface area (Å²) in [7, 11) is 0.